The van der Waals surface area contributed by atoms with Crippen LogP contribution in [0.4, 0.5) is 19.2 Å². The fourth-order valence-electron chi connectivity index (χ4n) is 6.35. The summed E-state index contributed by atoms with van der Waals surface area (Å²) in [6.07, 6.45) is 3.42. The molecular formula is C43H55N9O8. The number of carbonyl (C=O) groups excluding carboxylic acids is 3. The smallest absolute Gasteiger partial charge is 0.437 e. The van der Waals surface area contributed by atoms with Gasteiger partial charge in [-0.15, -0.1) is 15.1 Å². The predicted octanol–water partition coefficient (Wildman–Crippen LogP) is 7.80. The third-order valence-corrected chi connectivity index (χ3v) is 8.90. The van der Waals surface area contributed by atoms with E-state index in [2.05, 4.69) is 30.9 Å². The quantitative estimate of drug-likeness (QED) is 0.131. The third kappa shape index (κ3) is 13.0. The van der Waals surface area contributed by atoms with E-state index < -0.39 is 41.2 Å². The molecule has 3 heterocycles. The summed E-state index contributed by atoms with van der Waals surface area (Å²) >= 11 is 0. The summed E-state index contributed by atoms with van der Waals surface area (Å²) in [6, 6.07) is 14.1. The number of carboxylic acid groups (broad SMARTS) is 1. The van der Waals surface area contributed by atoms with Crippen LogP contribution in [0.25, 0.3) is 28.1 Å². The number of carbonyl (C=O) groups is 4. The Bertz CT molecular complexity index is 2220. The highest BCUT2D eigenvalue weighted by Gasteiger charge is 2.26. The van der Waals surface area contributed by atoms with Gasteiger partial charge in [0.25, 0.3) is 0 Å². The van der Waals surface area contributed by atoms with Crippen LogP contribution in [0.2, 0.25) is 0 Å². The Labute approximate surface area is 350 Å². The topological polar surface area (TPSA) is 202 Å². The number of benzene rings is 2. The second-order valence-corrected chi connectivity index (χ2v) is 17.4. The monoisotopic (exact) mass is 825 g/mol. The molecule has 320 valence electrons. The van der Waals surface area contributed by atoms with Crippen molar-refractivity contribution in [3.8, 4) is 16.9 Å². The lowest BCUT2D eigenvalue weighted by atomic mass is 9.95. The molecule has 0 saturated heterocycles. The first-order valence-corrected chi connectivity index (χ1v) is 19.7. The summed E-state index contributed by atoms with van der Waals surface area (Å²) in [6.45, 7) is 19.3. The Morgan fingerprint density at radius 2 is 1.22 bits per heavy atom. The van der Waals surface area contributed by atoms with Crippen LogP contribution < -0.4 is 10.6 Å². The number of hydrogen-bond acceptors (Lipinski definition) is 9. The zero-order valence-corrected chi connectivity index (χ0v) is 36.0. The predicted molar refractivity (Wildman–Crippen MR) is 228 cm³/mol. The first-order chi connectivity index (χ1) is 28.0. The van der Waals surface area contributed by atoms with E-state index in [1.807, 2.05) is 67.7 Å². The van der Waals surface area contributed by atoms with Gasteiger partial charge in [0.2, 0.25) is 11.9 Å². The molecule has 60 heavy (non-hydrogen) atoms. The average Bonchev–Trinajstić information content (AvgIpc) is 3.63. The summed E-state index contributed by atoms with van der Waals surface area (Å²) in [5, 5.41) is 23.0. The third-order valence-electron chi connectivity index (χ3n) is 8.90. The molecular weight excluding hydrogens is 771 g/mol. The molecule has 0 radical (unpaired) electrons. The van der Waals surface area contributed by atoms with Crippen LogP contribution in [-0.4, -0.2) is 109 Å². The lowest BCUT2D eigenvalue weighted by molar-refractivity contribution is 0.0550. The van der Waals surface area contributed by atoms with Gasteiger partial charge >= 0.3 is 24.4 Å². The average molecular weight is 826 g/mol. The maximum absolute atomic E-state index is 12.6. The number of hydrogen-bond donors (Lipinski definition) is 3. The van der Waals surface area contributed by atoms with Crippen molar-refractivity contribution in [3.63, 3.8) is 0 Å². The Balaban J connectivity index is 1.24. The van der Waals surface area contributed by atoms with E-state index in [1.165, 1.54) is 0 Å². The molecule has 3 aromatic rings. The summed E-state index contributed by atoms with van der Waals surface area (Å²) < 4.78 is 17.8. The van der Waals surface area contributed by atoms with Crippen LogP contribution >= 0.6 is 0 Å². The molecule has 2 aliphatic heterocycles. The summed E-state index contributed by atoms with van der Waals surface area (Å²) in [4.78, 5) is 60.4. The minimum absolute atomic E-state index is 0.0597. The summed E-state index contributed by atoms with van der Waals surface area (Å²) in [7, 11) is 0. The Kier molecular flexibility index (Phi) is 13.5. The Hall–Kier alpha value is -6.52. The zero-order chi connectivity index (χ0) is 44.0. The van der Waals surface area contributed by atoms with Crippen molar-refractivity contribution in [2.75, 3.05) is 26.2 Å². The number of ether oxygens (including phenoxy) is 3. The Morgan fingerprint density at radius 1 is 0.700 bits per heavy atom. The molecule has 4 amide bonds. The molecule has 0 unspecified atom stereocenters. The van der Waals surface area contributed by atoms with Crippen molar-refractivity contribution >= 4 is 47.4 Å². The van der Waals surface area contributed by atoms with E-state index in [-0.39, 0.29) is 11.9 Å². The molecule has 0 saturated carbocycles. The summed E-state index contributed by atoms with van der Waals surface area (Å²) in [5.74, 6) is -0.0217. The second kappa shape index (κ2) is 18.2. The van der Waals surface area contributed by atoms with Gasteiger partial charge in [-0.2, -0.15) is 0 Å². The number of rotatable bonds is 4. The molecule has 3 N–H and O–H groups in total. The van der Waals surface area contributed by atoms with Gasteiger partial charge in [0.05, 0.1) is 11.9 Å². The van der Waals surface area contributed by atoms with E-state index in [4.69, 9.17) is 14.2 Å². The number of amides is 4. The minimum atomic E-state index is -1.32. The molecule has 2 aromatic carbocycles. The van der Waals surface area contributed by atoms with Crippen LogP contribution in [0, 0.1) is 6.92 Å². The van der Waals surface area contributed by atoms with Gasteiger partial charge in [0.15, 0.2) is 0 Å². The second-order valence-electron chi connectivity index (χ2n) is 17.4. The number of guanidine groups is 2. The summed E-state index contributed by atoms with van der Waals surface area (Å²) in [5.41, 5.74) is 5.51. The molecule has 1 aromatic heterocycles. The number of aromatic nitrogens is 3. The van der Waals surface area contributed by atoms with Crippen molar-refractivity contribution < 1.29 is 38.5 Å². The Morgan fingerprint density at radius 3 is 1.70 bits per heavy atom. The molecule has 17 nitrogen and oxygen atoms in total. The van der Waals surface area contributed by atoms with Crippen LogP contribution in [0.1, 0.15) is 91.8 Å². The molecule has 2 aliphatic rings. The molecule has 0 spiro atoms. The van der Waals surface area contributed by atoms with Gasteiger partial charge in [-0.1, -0.05) is 47.7 Å². The lowest BCUT2D eigenvalue weighted by Crippen LogP contribution is -2.48. The SMILES string of the molecule is Cc1cc(-n2cc(-c3ccc(C4=CCN(/C(=N/C(=O)OC(C)(C)C)NC(=O)OC(C)(C)C)CC4)cc3)nn2)ccc1C1=CCN(/C(=N\C(=O)OC(C)(C)C)NC(=O)O)CC1. The standard InChI is InChI=1S/C43H55N9O8/c1-27-25-32(15-16-33(27)30-19-23-50(24-20-30)35(44-37(53)54)45-38(55)58-41(2,3)4)52-26-34(48-49-52)31-13-11-28(12-14-31)29-17-21-51(22-18-29)36(46-39(56)59-42(5,6)7)47-40(57)60-43(8,9)10/h11-17,19,25-26H,18,20-24H2,1-10H3,(H,53,54)(H,44,45,55)(H,46,47,56,57). The number of aliphatic imine (C=N–C) groups is 2. The van der Waals surface area contributed by atoms with E-state index in [0.29, 0.717) is 44.7 Å². The van der Waals surface area contributed by atoms with Crippen molar-refractivity contribution in [2.24, 2.45) is 9.98 Å². The van der Waals surface area contributed by atoms with Gasteiger partial charge in [0, 0.05) is 31.7 Å². The molecule has 17 heteroatoms. The first kappa shape index (κ1) is 44.6. The van der Waals surface area contributed by atoms with Gasteiger partial charge in [-0.25, -0.2) is 23.9 Å². The van der Waals surface area contributed by atoms with E-state index >= 15 is 0 Å². The van der Waals surface area contributed by atoms with Gasteiger partial charge < -0.3 is 29.1 Å². The van der Waals surface area contributed by atoms with Crippen molar-refractivity contribution in [1.29, 1.82) is 0 Å². The maximum atomic E-state index is 12.6. The largest absolute Gasteiger partial charge is 0.465 e. The molecule has 0 aliphatic carbocycles. The highest BCUT2D eigenvalue weighted by molar-refractivity contribution is 6.00. The number of aryl methyl sites for hydroxylation is 1. The van der Waals surface area contributed by atoms with Crippen molar-refractivity contribution in [2.45, 2.75) is 98.9 Å². The molecule has 5 rings (SSSR count). The van der Waals surface area contributed by atoms with Crippen LogP contribution in [-0.2, 0) is 14.2 Å². The zero-order valence-electron chi connectivity index (χ0n) is 36.0. The fourth-order valence-corrected chi connectivity index (χ4v) is 6.35. The molecule has 0 bridgehead atoms. The van der Waals surface area contributed by atoms with Gasteiger partial charge in [-0.3, -0.25) is 10.6 Å². The normalized spacial score (nSPS) is 15.4. The maximum Gasteiger partial charge on any atom is 0.437 e. The minimum Gasteiger partial charge on any atom is -0.465 e. The fraction of sp³-hybridized carbons (Fsp3) is 0.442. The van der Waals surface area contributed by atoms with Crippen molar-refractivity contribution in [3.05, 3.63) is 77.5 Å². The van der Waals surface area contributed by atoms with Crippen LogP contribution in [0.15, 0.2) is 70.8 Å². The van der Waals surface area contributed by atoms with Crippen LogP contribution in [0.3, 0.4) is 0 Å². The highest BCUT2D eigenvalue weighted by atomic mass is 16.6. The van der Waals surface area contributed by atoms with E-state index in [9.17, 15) is 24.3 Å². The number of alkyl carbamates (subject to hydrolysis) is 1. The molecule has 0 fully saturated rings. The lowest BCUT2D eigenvalue weighted by Gasteiger charge is -2.30. The van der Waals surface area contributed by atoms with Crippen LogP contribution in [0.5, 0.6) is 0 Å². The number of nitrogens with one attached hydrogen (secondary N) is 2. The number of nitrogens with zero attached hydrogens (tertiary/aromatic N) is 7. The first-order valence-electron chi connectivity index (χ1n) is 19.7. The van der Waals surface area contributed by atoms with E-state index in [1.54, 1.807) is 76.8 Å². The highest BCUT2D eigenvalue weighted by Crippen LogP contribution is 2.29. The van der Waals surface area contributed by atoms with E-state index in [0.717, 1.165) is 39.1 Å². The van der Waals surface area contributed by atoms with Crippen molar-refractivity contribution in [1.82, 2.24) is 35.4 Å². The molecule has 0 atom stereocenters. The van der Waals surface area contributed by atoms with Gasteiger partial charge in [0.1, 0.15) is 22.5 Å². The van der Waals surface area contributed by atoms with Gasteiger partial charge in [-0.05, 0) is 122 Å².